The highest BCUT2D eigenvalue weighted by Gasteiger charge is 2.35. The quantitative estimate of drug-likeness (QED) is 0.467. The van der Waals surface area contributed by atoms with E-state index in [0.717, 1.165) is 24.1 Å². The molecule has 0 amide bonds. The first-order chi connectivity index (χ1) is 14.7. The third-order valence-electron chi connectivity index (χ3n) is 6.83. The molecule has 1 saturated carbocycles. The van der Waals surface area contributed by atoms with Gasteiger partial charge in [-0.25, -0.2) is 0 Å². The Hall–Kier alpha value is -2.58. The molecule has 30 heavy (non-hydrogen) atoms. The highest BCUT2D eigenvalue weighted by molar-refractivity contribution is 5.88. The van der Waals surface area contributed by atoms with Gasteiger partial charge in [0.05, 0.1) is 0 Å². The number of hydrogen-bond acceptors (Lipinski definition) is 2. The fraction of sp³-hybridized carbons (Fsp3) is 0.357. The average Bonchev–Trinajstić information content (AvgIpc) is 2.78. The van der Waals surface area contributed by atoms with E-state index in [0.29, 0.717) is 6.61 Å². The van der Waals surface area contributed by atoms with Gasteiger partial charge in [-0.15, -0.1) is 0 Å². The smallest absolute Gasteiger partial charge is 0.120 e. The van der Waals surface area contributed by atoms with Gasteiger partial charge in [0, 0.05) is 6.54 Å². The highest BCUT2D eigenvalue weighted by atomic mass is 16.5. The Labute approximate surface area is 180 Å². The lowest BCUT2D eigenvalue weighted by Crippen LogP contribution is -2.31. The van der Waals surface area contributed by atoms with E-state index in [1.165, 1.54) is 47.6 Å². The zero-order valence-electron chi connectivity index (χ0n) is 18.1. The summed E-state index contributed by atoms with van der Waals surface area (Å²) in [6.45, 7) is 1.70. The number of likely N-dealkylation sites (N-methyl/N-ethyl adjacent to an activating group) is 1. The Morgan fingerprint density at radius 3 is 2.27 bits per heavy atom. The van der Waals surface area contributed by atoms with Crippen molar-refractivity contribution in [3.05, 3.63) is 83.4 Å². The average molecular weight is 398 g/mol. The van der Waals surface area contributed by atoms with E-state index in [4.69, 9.17) is 4.74 Å². The molecular formula is C28H31NO. The number of hydrogen-bond donors (Lipinski definition) is 0. The second kappa shape index (κ2) is 8.28. The second-order valence-electron chi connectivity index (χ2n) is 9.22. The van der Waals surface area contributed by atoms with E-state index in [1.54, 1.807) is 11.1 Å². The van der Waals surface area contributed by atoms with Gasteiger partial charge in [0.15, 0.2) is 0 Å². The van der Waals surface area contributed by atoms with Crippen LogP contribution in [0, 0.1) is 11.8 Å². The molecule has 3 aromatic rings. The molecule has 0 aliphatic heterocycles. The summed E-state index contributed by atoms with van der Waals surface area (Å²) in [5.41, 5.74) is 5.98. The van der Waals surface area contributed by atoms with Crippen molar-refractivity contribution >= 4 is 16.3 Å². The van der Waals surface area contributed by atoms with Crippen molar-refractivity contribution in [3.8, 4) is 5.75 Å². The molecule has 0 saturated heterocycles. The molecular weight excluding hydrogens is 366 g/mol. The Morgan fingerprint density at radius 1 is 0.800 bits per heavy atom. The fourth-order valence-corrected chi connectivity index (χ4v) is 5.41. The van der Waals surface area contributed by atoms with Crippen LogP contribution < -0.4 is 4.74 Å². The molecule has 0 radical (unpaired) electrons. The van der Waals surface area contributed by atoms with Gasteiger partial charge < -0.3 is 9.64 Å². The minimum Gasteiger partial charge on any atom is -0.489 e. The number of fused-ring (bicyclic) bond motifs is 3. The van der Waals surface area contributed by atoms with Gasteiger partial charge in [-0.05, 0) is 103 Å². The molecule has 0 spiro atoms. The third-order valence-corrected chi connectivity index (χ3v) is 6.83. The van der Waals surface area contributed by atoms with Crippen LogP contribution in [0.15, 0.2) is 72.3 Å². The molecule has 0 heterocycles. The molecule has 154 valence electrons. The van der Waals surface area contributed by atoms with Crippen molar-refractivity contribution in [2.24, 2.45) is 11.8 Å². The molecule has 2 nitrogen and oxygen atoms in total. The van der Waals surface area contributed by atoms with E-state index < -0.39 is 0 Å². The zero-order chi connectivity index (χ0) is 20.5. The lowest BCUT2D eigenvalue weighted by atomic mass is 9.65. The molecule has 0 atom stereocenters. The molecule has 3 aromatic carbocycles. The van der Waals surface area contributed by atoms with Gasteiger partial charge >= 0.3 is 0 Å². The Kier molecular flexibility index (Phi) is 5.35. The summed E-state index contributed by atoms with van der Waals surface area (Å²) in [4.78, 5) is 2.34. The molecule has 1 fully saturated rings. The van der Waals surface area contributed by atoms with Gasteiger partial charge in [0.25, 0.3) is 0 Å². The monoisotopic (exact) mass is 397 g/mol. The van der Waals surface area contributed by atoms with Crippen LogP contribution in [-0.4, -0.2) is 25.5 Å². The number of rotatable bonds is 6. The van der Waals surface area contributed by atoms with E-state index in [2.05, 4.69) is 79.7 Å². The summed E-state index contributed by atoms with van der Waals surface area (Å²) in [6.07, 6.45) is 5.49. The molecule has 6 rings (SSSR count). The highest BCUT2D eigenvalue weighted by Crippen LogP contribution is 2.49. The molecule has 0 aromatic heterocycles. The predicted octanol–water partition coefficient (Wildman–Crippen LogP) is 6.55. The lowest BCUT2D eigenvalue weighted by molar-refractivity contribution is 0.299. The summed E-state index contributed by atoms with van der Waals surface area (Å²) in [6, 6.07) is 23.9. The largest absolute Gasteiger partial charge is 0.489 e. The Bertz CT molecular complexity index is 1060. The van der Waals surface area contributed by atoms with E-state index >= 15 is 0 Å². The first-order valence-corrected chi connectivity index (χ1v) is 11.3. The molecule has 0 N–H and O–H groups in total. The molecule has 3 aliphatic carbocycles. The standard InChI is InChI=1S/C28H31NO/c1-29(2)18-27-21-8-10-22(11-9-21)28(27)25-13-12-24-17-26(15-14-23(24)16-25)30-19-20-6-4-3-5-7-20/h3-7,12-17,21-22H,8-11,18-19H2,1-2H3. The van der Waals surface area contributed by atoms with Crippen LogP contribution in [0.4, 0.5) is 0 Å². The van der Waals surface area contributed by atoms with Gasteiger partial charge in [0.1, 0.15) is 12.4 Å². The molecule has 0 unspecified atom stereocenters. The van der Waals surface area contributed by atoms with Crippen LogP contribution in [0.25, 0.3) is 16.3 Å². The number of benzene rings is 3. The zero-order valence-corrected chi connectivity index (χ0v) is 18.1. The minimum atomic E-state index is 0.605. The maximum atomic E-state index is 6.03. The first kappa shape index (κ1) is 19.4. The van der Waals surface area contributed by atoms with Crippen molar-refractivity contribution in [3.63, 3.8) is 0 Å². The van der Waals surface area contributed by atoms with E-state index in [1.807, 2.05) is 6.07 Å². The van der Waals surface area contributed by atoms with E-state index in [9.17, 15) is 0 Å². The Morgan fingerprint density at radius 2 is 1.50 bits per heavy atom. The van der Waals surface area contributed by atoms with Gasteiger partial charge in [0.2, 0.25) is 0 Å². The van der Waals surface area contributed by atoms with Crippen LogP contribution in [0.1, 0.15) is 36.8 Å². The summed E-state index contributed by atoms with van der Waals surface area (Å²) in [5.74, 6) is 2.47. The van der Waals surface area contributed by atoms with Crippen molar-refractivity contribution in [1.82, 2.24) is 4.90 Å². The van der Waals surface area contributed by atoms with Crippen LogP contribution in [0.5, 0.6) is 5.75 Å². The SMILES string of the molecule is CN(C)CC1=C(c2ccc3cc(OCc4ccccc4)ccc3c2)C2CCC1CC2. The lowest BCUT2D eigenvalue weighted by Gasteiger charge is -2.41. The maximum Gasteiger partial charge on any atom is 0.120 e. The number of allylic oxidation sites excluding steroid dienone is 1. The van der Waals surface area contributed by atoms with Crippen molar-refractivity contribution in [1.29, 1.82) is 0 Å². The normalized spacial score (nSPS) is 20.9. The van der Waals surface area contributed by atoms with E-state index in [-0.39, 0.29) is 0 Å². The molecule has 2 bridgehead atoms. The van der Waals surface area contributed by atoms with Gasteiger partial charge in [-0.1, -0.05) is 48.5 Å². The second-order valence-corrected chi connectivity index (χ2v) is 9.22. The van der Waals surface area contributed by atoms with Crippen LogP contribution in [0.2, 0.25) is 0 Å². The number of nitrogens with zero attached hydrogens (tertiary/aromatic N) is 1. The van der Waals surface area contributed by atoms with Crippen LogP contribution in [0.3, 0.4) is 0 Å². The third kappa shape index (κ3) is 3.89. The van der Waals surface area contributed by atoms with Crippen molar-refractivity contribution in [2.45, 2.75) is 32.3 Å². The summed E-state index contributed by atoms with van der Waals surface area (Å²) in [7, 11) is 4.40. The summed E-state index contributed by atoms with van der Waals surface area (Å²) >= 11 is 0. The van der Waals surface area contributed by atoms with Gasteiger partial charge in [-0.3, -0.25) is 0 Å². The van der Waals surface area contributed by atoms with Crippen LogP contribution >= 0.6 is 0 Å². The van der Waals surface area contributed by atoms with Gasteiger partial charge in [-0.2, -0.15) is 0 Å². The minimum absolute atomic E-state index is 0.605. The van der Waals surface area contributed by atoms with Crippen molar-refractivity contribution < 1.29 is 4.74 Å². The first-order valence-electron chi connectivity index (χ1n) is 11.3. The summed E-state index contributed by atoms with van der Waals surface area (Å²) < 4.78 is 6.03. The topological polar surface area (TPSA) is 12.5 Å². The predicted molar refractivity (Wildman–Crippen MR) is 126 cm³/mol. The Balaban J connectivity index is 1.43. The molecule has 2 heteroatoms. The number of ether oxygens (including phenoxy) is 1. The maximum absolute atomic E-state index is 6.03. The molecule has 3 aliphatic rings. The summed E-state index contributed by atoms with van der Waals surface area (Å²) in [5, 5.41) is 2.55. The fourth-order valence-electron chi connectivity index (χ4n) is 5.41. The van der Waals surface area contributed by atoms with Crippen molar-refractivity contribution in [2.75, 3.05) is 20.6 Å². The van der Waals surface area contributed by atoms with Crippen LogP contribution in [-0.2, 0) is 6.61 Å².